The Bertz CT molecular complexity index is 1470. The van der Waals surface area contributed by atoms with E-state index in [1.54, 1.807) is 18.3 Å². The highest BCUT2D eigenvalue weighted by molar-refractivity contribution is 6.00. The highest BCUT2D eigenvalue weighted by Crippen LogP contribution is 2.38. The zero-order valence-electron chi connectivity index (χ0n) is 20.1. The van der Waals surface area contributed by atoms with Crippen LogP contribution in [-0.4, -0.2) is 63.1 Å². The van der Waals surface area contributed by atoms with E-state index in [4.69, 9.17) is 0 Å². The first-order chi connectivity index (χ1) is 18.1. The molecule has 3 aromatic heterocycles. The van der Waals surface area contributed by atoms with Crippen molar-refractivity contribution in [3.05, 3.63) is 77.2 Å². The van der Waals surface area contributed by atoms with E-state index in [9.17, 15) is 26.7 Å². The van der Waals surface area contributed by atoms with Gasteiger partial charge in [0.1, 0.15) is 5.69 Å². The summed E-state index contributed by atoms with van der Waals surface area (Å²) in [5.41, 5.74) is 1.84. The maximum atomic E-state index is 13.7. The number of benzene rings is 1. The van der Waals surface area contributed by atoms with Crippen molar-refractivity contribution >= 4 is 16.9 Å². The number of nitrogens with one attached hydrogen (secondary N) is 2. The van der Waals surface area contributed by atoms with Crippen LogP contribution >= 0.6 is 0 Å². The molecule has 4 aromatic rings. The van der Waals surface area contributed by atoms with E-state index in [2.05, 4.69) is 25.5 Å². The number of halogens is 5. The number of aryl methyl sites for hydroxylation is 1. The minimum atomic E-state index is -4.63. The molecule has 0 radical (unpaired) electrons. The van der Waals surface area contributed by atoms with Gasteiger partial charge in [-0.3, -0.25) is 19.8 Å². The maximum Gasteiger partial charge on any atom is 0.416 e. The molecule has 1 saturated heterocycles. The molecule has 0 bridgehead atoms. The van der Waals surface area contributed by atoms with E-state index in [1.165, 1.54) is 29.3 Å². The average Bonchev–Trinajstić information content (AvgIpc) is 3.46. The second kappa shape index (κ2) is 10.1. The highest BCUT2D eigenvalue weighted by Gasteiger charge is 2.41. The molecule has 1 fully saturated rings. The maximum absolute atomic E-state index is 13.7. The third-order valence-corrected chi connectivity index (χ3v) is 6.62. The normalized spacial score (nSPS) is 18.4. The lowest BCUT2D eigenvalue weighted by molar-refractivity contribution is -0.138. The van der Waals surface area contributed by atoms with Gasteiger partial charge in [-0.1, -0.05) is 18.2 Å². The van der Waals surface area contributed by atoms with Crippen molar-refractivity contribution in [2.45, 2.75) is 31.5 Å². The molecule has 1 aliphatic rings. The molecule has 5 rings (SSSR count). The van der Waals surface area contributed by atoms with E-state index < -0.39 is 42.6 Å². The Morgan fingerprint density at radius 1 is 1.16 bits per heavy atom. The second-order valence-electron chi connectivity index (χ2n) is 9.26. The minimum Gasteiger partial charge on any atom is -0.347 e. The van der Waals surface area contributed by atoms with Crippen molar-refractivity contribution in [2.75, 3.05) is 19.6 Å². The molecule has 7 nitrogen and oxygen atoms in total. The predicted molar refractivity (Wildman–Crippen MR) is 130 cm³/mol. The largest absolute Gasteiger partial charge is 0.416 e. The third-order valence-electron chi connectivity index (χ3n) is 6.62. The SMILES string of the molecule is Cc1cc(-c2n[nH]c3ncc(C(=O)N[C@@H]4CN(CC(F)F)C[C@H]4c4ccccc4C(F)(F)F)cc23)ccn1. The number of hydrogen-bond acceptors (Lipinski definition) is 5. The molecule has 2 N–H and O–H groups in total. The molecular weight excluding hydrogens is 507 g/mol. The van der Waals surface area contributed by atoms with Crippen LogP contribution in [0.4, 0.5) is 22.0 Å². The van der Waals surface area contributed by atoms with Crippen molar-refractivity contribution in [1.29, 1.82) is 0 Å². The van der Waals surface area contributed by atoms with Gasteiger partial charge >= 0.3 is 6.18 Å². The molecule has 1 aliphatic heterocycles. The van der Waals surface area contributed by atoms with E-state index in [0.29, 0.717) is 16.7 Å². The van der Waals surface area contributed by atoms with Crippen LogP contribution in [0.3, 0.4) is 0 Å². The zero-order chi connectivity index (χ0) is 27.0. The van der Waals surface area contributed by atoms with E-state index in [0.717, 1.165) is 17.3 Å². The molecule has 0 saturated carbocycles. The number of likely N-dealkylation sites (tertiary alicyclic amines) is 1. The Labute approximate surface area is 214 Å². The predicted octanol–water partition coefficient (Wildman–Crippen LogP) is 4.81. The van der Waals surface area contributed by atoms with Gasteiger partial charge in [0, 0.05) is 54.1 Å². The first-order valence-electron chi connectivity index (χ1n) is 11.8. The number of rotatable bonds is 6. The van der Waals surface area contributed by atoms with Crippen molar-refractivity contribution in [1.82, 2.24) is 30.4 Å². The monoisotopic (exact) mass is 530 g/mol. The number of fused-ring (bicyclic) bond motifs is 1. The standard InChI is InChI=1S/C26H23F5N6O/c1-14-8-15(6-7-32-14)23-18-9-16(10-33-24(18)36-35-23)25(38)34-21-12-37(13-22(27)28)11-19(21)17-4-2-3-5-20(17)26(29,30)31/h2-10,19,21-22H,11-13H2,1H3,(H,34,38)(H,33,35,36)/t19-,21+/m0/s1. The number of H-pyrrole nitrogens is 1. The fourth-order valence-electron chi connectivity index (χ4n) is 4.96. The highest BCUT2D eigenvalue weighted by atomic mass is 19.4. The molecule has 0 spiro atoms. The Kier molecular flexibility index (Phi) is 6.82. The third kappa shape index (κ3) is 5.21. The van der Waals surface area contributed by atoms with E-state index in [-0.39, 0.29) is 24.2 Å². The minimum absolute atomic E-state index is 0.0180. The van der Waals surface area contributed by atoms with Crippen LogP contribution in [0.5, 0.6) is 0 Å². The van der Waals surface area contributed by atoms with Crippen LogP contribution < -0.4 is 5.32 Å². The Morgan fingerprint density at radius 3 is 2.68 bits per heavy atom. The lowest BCUT2D eigenvalue weighted by Crippen LogP contribution is -2.40. The van der Waals surface area contributed by atoms with Gasteiger partial charge in [0.25, 0.3) is 12.3 Å². The molecule has 0 aliphatic carbocycles. The Morgan fingerprint density at radius 2 is 1.95 bits per heavy atom. The molecule has 4 heterocycles. The van der Waals surface area contributed by atoms with Gasteiger partial charge in [-0.2, -0.15) is 18.3 Å². The van der Waals surface area contributed by atoms with Crippen LogP contribution in [-0.2, 0) is 6.18 Å². The van der Waals surface area contributed by atoms with Gasteiger partial charge in [-0.05, 0) is 36.8 Å². The summed E-state index contributed by atoms with van der Waals surface area (Å²) in [4.78, 5) is 23.1. The molecule has 38 heavy (non-hydrogen) atoms. The summed E-state index contributed by atoms with van der Waals surface area (Å²) in [5, 5.41) is 10.5. The van der Waals surface area contributed by atoms with Gasteiger partial charge in [0.2, 0.25) is 0 Å². The summed E-state index contributed by atoms with van der Waals surface area (Å²) in [7, 11) is 0. The van der Waals surface area contributed by atoms with E-state index in [1.807, 2.05) is 13.0 Å². The fourth-order valence-corrected chi connectivity index (χ4v) is 4.96. The van der Waals surface area contributed by atoms with Crippen LogP contribution in [0.15, 0.2) is 54.9 Å². The zero-order valence-corrected chi connectivity index (χ0v) is 20.1. The summed E-state index contributed by atoms with van der Waals surface area (Å²) >= 11 is 0. The van der Waals surface area contributed by atoms with Crippen LogP contribution in [0.2, 0.25) is 0 Å². The summed E-state index contributed by atoms with van der Waals surface area (Å²) in [6.45, 7) is 1.17. The van der Waals surface area contributed by atoms with Gasteiger partial charge < -0.3 is 5.32 Å². The van der Waals surface area contributed by atoms with Crippen molar-refractivity contribution in [3.8, 4) is 11.3 Å². The molecule has 1 amide bonds. The van der Waals surface area contributed by atoms with Crippen LogP contribution in [0, 0.1) is 6.92 Å². The lowest BCUT2D eigenvalue weighted by atomic mass is 9.90. The summed E-state index contributed by atoms with van der Waals surface area (Å²) < 4.78 is 67.5. The van der Waals surface area contributed by atoms with Gasteiger partial charge in [0.15, 0.2) is 5.65 Å². The van der Waals surface area contributed by atoms with Crippen molar-refractivity contribution in [3.63, 3.8) is 0 Å². The van der Waals surface area contributed by atoms with Gasteiger partial charge in [-0.25, -0.2) is 13.8 Å². The number of aromatic nitrogens is 4. The van der Waals surface area contributed by atoms with Crippen LogP contribution in [0.1, 0.15) is 33.1 Å². The fraction of sp³-hybridized carbons (Fsp3) is 0.308. The first-order valence-corrected chi connectivity index (χ1v) is 11.8. The number of aromatic amines is 1. The number of hydrogen-bond donors (Lipinski definition) is 2. The topological polar surface area (TPSA) is 86.8 Å². The first kappa shape index (κ1) is 25.7. The van der Waals surface area contributed by atoms with Crippen LogP contribution in [0.25, 0.3) is 22.3 Å². The van der Waals surface area contributed by atoms with Crippen molar-refractivity contribution < 1.29 is 26.7 Å². The quantitative estimate of drug-likeness (QED) is 0.350. The smallest absolute Gasteiger partial charge is 0.347 e. The Balaban J connectivity index is 1.45. The summed E-state index contributed by atoms with van der Waals surface area (Å²) in [5.74, 6) is -1.41. The lowest BCUT2D eigenvalue weighted by Gasteiger charge is -2.23. The molecule has 0 unspecified atom stereocenters. The molecule has 2 atom stereocenters. The second-order valence-corrected chi connectivity index (χ2v) is 9.26. The number of carbonyl (C=O) groups is 1. The number of alkyl halides is 5. The van der Waals surface area contributed by atoms with Gasteiger partial charge in [0.05, 0.1) is 17.7 Å². The number of nitrogens with zero attached hydrogens (tertiary/aromatic N) is 4. The number of amides is 1. The Hall–Kier alpha value is -3.93. The average molecular weight is 531 g/mol. The summed E-state index contributed by atoms with van der Waals surface area (Å²) in [6, 6.07) is 9.42. The molecule has 12 heteroatoms. The van der Waals surface area contributed by atoms with Gasteiger partial charge in [-0.15, -0.1) is 0 Å². The number of pyridine rings is 2. The molecular formula is C26H23F5N6O. The summed E-state index contributed by atoms with van der Waals surface area (Å²) in [6.07, 6.45) is -4.31. The molecule has 1 aromatic carbocycles. The molecule has 198 valence electrons. The number of carbonyl (C=O) groups excluding carboxylic acids is 1. The van der Waals surface area contributed by atoms with Crippen molar-refractivity contribution in [2.24, 2.45) is 0 Å². The van der Waals surface area contributed by atoms with E-state index >= 15 is 0 Å².